The molecule has 1 aliphatic heterocycles. The number of piperidine rings is 1. The minimum atomic E-state index is -4.49. The number of imidazole rings is 1. The summed E-state index contributed by atoms with van der Waals surface area (Å²) in [6, 6.07) is 5.28. The fraction of sp³-hybridized carbons (Fsp3) is 0.304. The van der Waals surface area contributed by atoms with Gasteiger partial charge in [-0.1, -0.05) is 0 Å². The molecule has 4 heterocycles. The SMILES string of the molecule is CS(=O)(=O)c1ccc(Nc2ccnn3c(C4CCN(c5ncc(C(F)(F)F)cn5)CC4)cnc23)c(F)c1. The van der Waals surface area contributed by atoms with E-state index in [4.69, 9.17) is 0 Å². The van der Waals surface area contributed by atoms with Gasteiger partial charge in [-0.05, 0) is 37.1 Å². The lowest BCUT2D eigenvalue weighted by Crippen LogP contribution is -2.34. The van der Waals surface area contributed by atoms with Crippen LogP contribution in [-0.2, 0) is 16.0 Å². The molecule has 0 amide bonds. The molecule has 37 heavy (non-hydrogen) atoms. The van der Waals surface area contributed by atoms with Crippen LogP contribution in [0.1, 0.15) is 30.0 Å². The Balaban J connectivity index is 1.32. The maximum atomic E-state index is 14.6. The van der Waals surface area contributed by atoms with Gasteiger partial charge in [0.05, 0.1) is 39.9 Å². The molecule has 3 aromatic heterocycles. The Bertz CT molecular complexity index is 1550. The lowest BCUT2D eigenvalue weighted by molar-refractivity contribution is -0.138. The number of alkyl halides is 3. The fourth-order valence-electron chi connectivity index (χ4n) is 4.27. The van der Waals surface area contributed by atoms with Crippen molar-refractivity contribution in [2.75, 3.05) is 29.6 Å². The maximum absolute atomic E-state index is 14.6. The molecule has 1 aromatic carbocycles. The van der Waals surface area contributed by atoms with Gasteiger partial charge in [0.25, 0.3) is 0 Å². The second kappa shape index (κ2) is 9.25. The molecule has 0 spiro atoms. The minimum Gasteiger partial charge on any atom is -0.350 e. The van der Waals surface area contributed by atoms with Gasteiger partial charge in [0.15, 0.2) is 15.5 Å². The largest absolute Gasteiger partial charge is 0.419 e. The molecule has 0 atom stereocenters. The van der Waals surface area contributed by atoms with Crippen LogP contribution in [0.2, 0.25) is 0 Å². The van der Waals surface area contributed by atoms with Crippen molar-refractivity contribution in [3.63, 3.8) is 0 Å². The Morgan fingerprint density at radius 2 is 1.70 bits per heavy atom. The Morgan fingerprint density at radius 3 is 2.32 bits per heavy atom. The summed E-state index contributed by atoms with van der Waals surface area (Å²) in [5, 5.41) is 7.35. The first kappa shape index (κ1) is 24.9. The number of fused-ring (bicyclic) bond motifs is 1. The summed E-state index contributed by atoms with van der Waals surface area (Å²) in [6.45, 7) is 1.08. The van der Waals surface area contributed by atoms with Crippen molar-refractivity contribution in [1.82, 2.24) is 24.6 Å². The average molecular weight is 536 g/mol. The standard InChI is InChI=1S/C23H21F4N7O2S/c1-37(35,36)16-2-3-18(17(24)10-16)32-19-4-7-31-34-20(13-28-21(19)34)14-5-8-33(9-6-14)22-29-11-15(12-30-22)23(25,26)27/h2-4,7,10-14,32H,5-6,8-9H2,1H3. The van der Waals surface area contributed by atoms with Gasteiger partial charge in [0.2, 0.25) is 5.95 Å². The average Bonchev–Trinajstić information content (AvgIpc) is 3.29. The minimum absolute atomic E-state index is 0.0780. The van der Waals surface area contributed by atoms with Gasteiger partial charge in [-0.15, -0.1) is 0 Å². The second-order valence-electron chi connectivity index (χ2n) is 8.73. The summed E-state index contributed by atoms with van der Waals surface area (Å²) in [4.78, 5) is 13.9. The van der Waals surface area contributed by atoms with Gasteiger partial charge in [-0.25, -0.2) is 32.3 Å². The van der Waals surface area contributed by atoms with Crippen molar-refractivity contribution in [2.45, 2.75) is 29.8 Å². The molecular formula is C23H21F4N7O2S. The number of rotatable bonds is 5. The quantitative estimate of drug-likeness (QED) is 0.379. The normalized spacial score (nSPS) is 15.3. The summed E-state index contributed by atoms with van der Waals surface area (Å²) in [6.07, 6.45) is 2.71. The maximum Gasteiger partial charge on any atom is 0.419 e. The van der Waals surface area contributed by atoms with E-state index in [0.29, 0.717) is 37.3 Å². The van der Waals surface area contributed by atoms with Crippen LogP contribution in [0.5, 0.6) is 0 Å². The number of nitrogens with zero attached hydrogens (tertiary/aromatic N) is 6. The number of aromatic nitrogens is 5. The molecule has 1 aliphatic rings. The van der Waals surface area contributed by atoms with E-state index in [1.54, 1.807) is 23.0 Å². The Kier molecular flexibility index (Phi) is 6.22. The summed E-state index contributed by atoms with van der Waals surface area (Å²) in [5.41, 5.74) is 1.01. The number of benzene rings is 1. The molecule has 194 valence electrons. The fourth-order valence-corrected chi connectivity index (χ4v) is 4.90. The smallest absolute Gasteiger partial charge is 0.350 e. The lowest BCUT2D eigenvalue weighted by atomic mass is 9.94. The van der Waals surface area contributed by atoms with Crippen LogP contribution in [0.3, 0.4) is 0 Å². The van der Waals surface area contributed by atoms with Crippen LogP contribution >= 0.6 is 0 Å². The highest BCUT2D eigenvalue weighted by molar-refractivity contribution is 7.90. The van der Waals surface area contributed by atoms with E-state index in [2.05, 4.69) is 25.4 Å². The van der Waals surface area contributed by atoms with Crippen LogP contribution in [0.15, 0.2) is 53.9 Å². The second-order valence-corrected chi connectivity index (χ2v) is 10.7. The molecule has 1 N–H and O–H groups in total. The van der Waals surface area contributed by atoms with E-state index in [0.717, 1.165) is 30.4 Å². The van der Waals surface area contributed by atoms with Crippen LogP contribution in [0, 0.1) is 5.82 Å². The number of halogens is 4. The van der Waals surface area contributed by atoms with Gasteiger partial charge in [-0.2, -0.15) is 18.3 Å². The van der Waals surface area contributed by atoms with Gasteiger partial charge in [-0.3, -0.25) is 0 Å². The van der Waals surface area contributed by atoms with Crippen LogP contribution in [0.4, 0.5) is 34.9 Å². The van der Waals surface area contributed by atoms with E-state index < -0.39 is 27.4 Å². The lowest BCUT2D eigenvalue weighted by Gasteiger charge is -2.31. The van der Waals surface area contributed by atoms with Crippen molar-refractivity contribution < 1.29 is 26.0 Å². The number of hydrogen-bond acceptors (Lipinski definition) is 8. The molecule has 0 unspecified atom stereocenters. The van der Waals surface area contributed by atoms with Gasteiger partial charge in [0.1, 0.15) is 5.82 Å². The van der Waals surface area contributed by atoms with Crippen molar-refractivity contribution in [1.29, 1.82) is 0 Å². The van der Waals surface area contributed by atoms with E-state index in [1.165, 1.54) is 12.1 Å². The molecule has 4 aromatic rings. The third kappa shape index (κ3) is 5.05. The summed E-state index contributed by atoms with van der Waals surface area (Å²) in [5.74, 6) is -0.394. The zero-order valence-electron chi connectivity index (χ0n) is 19.4. The predicted octanol–water partition coefficient (Wildman–Crippen LogP) is 4.21. The molecule has 9 nitrogen and oxygen atoms in total. The van der Waals surface area contributed by atoms with Crippen LogP contribution in [-0.4, -0.2) is 52.3 Å². The van der Waals surface area contributed by atoms with Gasteiger partial charge < -0.3 is 10.2 Å². The van der Waals surface area contributed by atoms with Gasteiger partial charge in [0, 0.05) is 37.7 Å². The number of sulfone groups is 1. The molecule has 0 radical (unpaired) electrons. The Morgan fingerprint density at radius 1 is 1.00 bits per heavy atom. The van der Waals surface area contributed by atoms with Gasteiger partial charge >= 0.3 is 6.18 Å². The summed E-state index contributed by atoms with van der Waals surface area (Å²) < 4.78 is 77.9. The van der Waals surface area contributed by atoms with Crippen molar-refractivity contribution in [3.05, 3.63) is 66.1 Å². The molecular weight excluding hydrogens is 514 g/mol. The number of anilines is 3. The Labute approximate surface area is 209 Å². The van der Waals surface area contributed by atoms with E-state index in [-0.39, 0.29) is 22.4 Å². The van der Waals surface area contributed by atoms with Crippen LogP contribution < -0.4 is 10.2 Å². The van der Waals surface area contributed by atoms with Crippen LogP contribution in [0.25, 0.3) is 5.65 Å². The molecule has 5 rings (SSSR count). The van der Waals surface area contributed by atoms with Crippen molar-refractivity contribution in [2.24, 2.45) is 0 Å². The summed E-state index contributed by atoms with van der Waals surface area (Å²) >= 11 is 0. The van der Waals surface area contributed by atoms with Crippen molar-refractivity contribution >= 4 is 32.8 Å². The summed E-state index contributed by atoms with van der Waals surface area (Å²) in [7, 11) is -3.54. The highest BCUT2D eigenvalue weighted by Crippen LogP contribution is 2.33. The van der Waals surface area contributed by atoms with Crippen molar-refractivity contribution in [3.8, 4) is 0 Å². The topological polar surface area (TPSA) is 105 Å². The monoisotopic (exact) mass is 535 g/mol. The molecule has 0 saturated carbocycles. The highest BCUT2D eigenvalue weighted by Gasteiger charge is 2.32. The first-order chi connectivity index (χ1) is 17.5. The first-order valence-corrected chi connectivity index (χ1v) is 13.1. The molecule has 0 bridgehead atoms. The Hall–Kier alpha value is -3.81. The first-order valence-electron chi connectivity index (χ1n) is 11.2. The number of nitrogens with one attached hydrogen (secondary N) is 1. The van der Waals surface area contributed by atoms with E-state index in [1.807, 2.05) is 4.90 Å². The predicted molar refractivity (Wildman–Crippen MR) is 127 cm³/mol. The zero-order valence-corrected chi connectivity index (χ0v) is 20.3. The molecule has 0 aliphatic carbocycles. The number of hydrogen-bond donors (Lipinski definition) is 1. The molecule has 1 fully saturated rings. The molecule has 1 saturated heterocycles. The zero-order chi connectivity index (χ0) is 26.4. The van der Waals surface area contributed by atoms with E-state index >= 15 is 0 Å². The highest BCUT2D eigenvalue weighted by atomic mass is 32.2. The molecule has 14 heteroatoms. The third-order valence-electron chi connectivity index (χ3n) is 6.23. The van der Waals surface area contributed by atoms with E-state index in [9.17, 15) is 26.0 Å². The third-order valence-corrected chi connectivity index (χ3v) is 7.34.